The lowest BCUT2D eigenvalue weighted by Crippen LogP contribution is -2.05. The second-order valence-corrected chi connectivity index (χ2v) is 8.96. The third kappa shape index (κ3) is 6.07. The number of hydrogen-bond donors (Lipinski definition) is 1. The minimum atomic E-state index is -0.141. The number of carbonyl (C=O) groups is 1. The largest absolute Gasteiger partial charge is 0.494 e. The first-order valence-corrected chi connectivity index (χ1v) is 12.3. The molecule has 0 saturated heterocycles. The van der Waals surface area contributed by atoms with Crippen LogP contribution in [0.1, 0.15) is 48.4 Å². The van der Waals surface area contributed by atoms with Gasteiger partial charge in [0.2, 0.25) is 0 Å². The molecule has 2 aromatic heterocycles. The van der Waals surface area contributed by atoms with E-state index in [0.717, 1.165) is 58.8 Å². The smallest absolute Gasteiger partial charge is 0.305 e. The Morgan fingerprint density at radius 3 is 2.66 bits per heavy atom. The minimum Gasteiger partial charge on any atom is -0.494 e. The Hall–Kier alpha value is -3.67. The number of unbranched alkanes of at least 4 members (excludes halogenated alkanes) is 1. The number of anilines is 1. The molecule has 0 unspecified atom stereocenters. The number of hydrogen-bond acceptors (Lipinski definition) is 6. The molecule has 4 rings (SSSR count). The van der Waals surface area contributed by atoms with Crippen molar-refractivity contribution in [2.24, 2.45) is 0 Å². The van der Waals surface area contributed by atoms with Crippen molar-refractivity contribution in [3.8, 4) is 5.75 Å². The molecule has 0 spiro atoms. The summed E-state index contributed by atoms with van der Waals surface area (Å²) in [5.41, 5.74) is 12.7. The minimum absolute atomic E-state index is 0.141. The number of aryl methyl sites for hydroxylation is 4. The molecule has 0 amide bonds. The molecule has 6 heteroatoms. The maximum Gasteiger partial charge on any atom is 0.305 e. The van der Waals surface area contributed by atoms with Crippen LogP contribution < -0.4 is 10.5 Å². The molecule has 0 aliphatic rings. The van der Waals surface area contributed by atoms with Crippen LogP contribution in [0.15, 0.2) is 48.7 Å². The number of ether oxygens (including phenoxy) is 2. The van der Waals surface area contributed by atoms with Gasteiger partial charge in [-0.3, -0.25) is 9.78 Å². The van der Waals surface area contributed by atoms with Crippen LogP contribution in [0.3, 0.4) is 0 Å². The lowest BCUT2D eigenvalue weighted by Gasteiger charge is -2.11. The van der Waals surface area contributed by atoms with Gasteiger partial charge in [-0.15, -0.1) is 0 Å². The zero-order chi connectivity index (χ0) is 24.8. The fourth-order valence-electron chi connectivity index (χ4n) is 4.31. The number of benzene rings is 2. The number of pyridine rings is 2. The average molecular weight is 472 g/mol. The molecule has 2 aromatic carbocycles. The van der Waals surface area contributed by atoms with E-state index in [0.29, 0.717) is 25.5 Å². The summed E-state index contributed by atoms with van der Waals surface area (Å²) in [5, 5.41) is 2.13. The van der Waals surface area contributed by atoms with E-state index >= 15 is 0 Å². The molecule has 0 saturated carbocycles. The molecular weight excluding hydrogens is 438 g/mol. The van der Waals surface area contributed by atoms with Gasteiger partial charge in [0.05, 0.1) is 18.7 Å². The molecule has 35 heavy (non-hydrogen) atoms. The van der Waals surface area contributed by atoms with Crippen molar-refractivity contribution in [2.75, 3.05) is 18.9 Å². The highest BCUT2D eigenvalue weighted by atomic mass is 16.5. The van der Waals surface area contributed by atoms with E-state index in [4.69, 9.17) is 15.2 Å². The first-order chi connectivity index (χ1) is 16.9. The van der Waals surface area contributed by atoms with Crippen LogP contribution in [-0.2, 0) is 22.4 Å². The molecule has 182 valence electrons. The number of nitrogens with zero attached hydrogens (tertiary/aromatic N) is 2. The molecule has 2 N–H and O–H groups in total. The van der Waals surface area contributed by atoms with Crippen molar-refractivity contribution < 1.29 is 14.3 Å². The summed E-state index contributed by atoms with van der Waals surface area (Å²) in [5.74, 6) is 1.19. The van der Waals surface area contributed by atoms with Crippen LogP contribution in [0.2, 0.25) is 0 Å². The van der Waals surface area contributed by atoms with Gasteiger partial charge in [0.25, 0.3) is 0 Å². The third-order valence-electron chi connectivity index (χ3n) is 6.22. The number of esters is 1. The topological polar surface area (TPSA) is 87.3 Å². The fourth-order valence-corrected chi connectivity index (χ4v) is 4.31. The Bertz CT molecular complexity index is 1350. The van der Waals surface area contributed by atoms with Crippen LogP contribution in [0, 0.1) is 13.8 Å². The number of rotatable bonds is 10. The van der Waals surface area contributed by atoms with Crippen molar-refractivity contribution in [3.05, 3.63) is 70.9 Å². The van der Waals surface area contributed by atoms with Crippen molar-refractivity contribution in [1.82, 2.24) is 9.97 Å². The van der Waals surface area contributed by atoms with Gasteiger partial charge in [0, 0.05) is 23.4 Å². The molecule has 0 fully saturated rings. The van der Waals surface area contributed by atoms with Crippen molar-refractivity contribution in [1.29, 1.82) is 0 Å². The first-order valence-electron chi connectivity index (χ1n) is 12.3. The van der Waals surface area contributed by atoms with Gasteiger partial charge in [0.15, 0.2) is 5.82 Å². The molecule has 0 aliphatic carbocycles. The SMILES string of the molecule is CCOC(=O)CCCCOc1ccc(CCc2cnc3c(N)nc4cc(C)ccc4c3c2)c(C)c1. The summed E-state index contributed by atoms with van der Waals surface area (Å²) < 4.78 is 10.8. The Morgan fingerprint density at radius 1 is 1.00 bits per heavy atom. The summed E-state index contributed by atoms with van der Waals surface area (Å²) in [6, 6.07) is 14.7. The van der Waals surface area contributed by atoms with E-state index in [1.54, 1.807) is 0 Å². The zero-order valence-electron chi connectivity index (χ0n) is 20.8. The van der Waals surface area contributed by atoms with E-state index in [-0.39, 0.29) is 5.97 Å². The molecular formula is C29H33N3O3. The number of aromatic nitrogens is 2. The first kappa shape index (κ1) is 24.5. The van der Waals surface area contributed by atoms with E-state index in [2.05, 4.69) is 60.2 Å². The van der Waals surface area contributed by atoms with Gasteiger partial charge < -0.3 is 15.2 Å². The highest BCUT2D eigenvalue weighted by Gasteiger charge is 2.10. The van der Waals surface area contributed by atoms with Crippen LogP contribution in [0.25, 0.3) is 21.8 Å². The molecule has 0 aliphatic heterocycles. The fraction of sp³-hybridized carbons (Fsp3) is 0.345. The van der Waals surface area contributed by atoms with Crippen LogP contribution >= 0.6 is 0 Å². The highest BCUT2D eigenvalue weighted by Crippen LogP contribution is 2.28. The highest BCUT2D eigenvalue weighted by molar-refractivity contribution is 6.08. The van der Waals surface area contributed by atoms with Crippen molar-refractivity contribution in [3.63, 3.8) is 0 Å². The monoisotopic (exact) mass is 471 g/mol. The van der Waals surface area contributed by atoms with Gasteiger partial charge in [-0.05, 0) is 93.0 Å². The Morgan fingerprint density at radius 2 is 1.86 bits per heavy atom. The quantitative estimate of drug-likeness (QED) is 0.177. The molecule has 0 atom stereocenters. The summed E-state index contributed by atoms with van der Waals surface area (Å²) in [7, 11) is 0. The van der Waals surface area contributed by atoms with Crippen LogP contribution in [0.4, 0.5) is 5.82 Å². The third-order valence-corrected chi connectivity index (χ3v) is 6.22. The van der Waals surface area contributed by atoms with Gasteiger partial charge >= 0.3 is 5.97 Å². The average Bonchev–Trinajstić information content (AvgIpc) is 2.83. The normalized spacial score (nSPS) is 11.2. The molecule has 6 nitrogen and oxygen atoms in total. The summed E-state index contributed by atoms with van der Waals surface area (Å²) in [6.45, 7) is 7.01. The number of carbonyl (C=O) groups excluding carboxylic acids is 1. The molecule has 4 aromatic rings. The van der Waals surface area contributed by atoms with E-state index in [9.17, 15) is 4.79 Å². The number of nitrogen functional groups attached to an aromatic ring is 1. The van der Waals surface area contributed by atoms with E-state index in [1.807, 2.05) is 19.2 Å². The van der Waals surface area contributed by atoms with E-state index in [1.165, 1.54) is 16.7 Å². The predicted molar refractivity (Wildman–Crippen MR) is 141 cm³/mol. The van der Waals surface area contributed by atoms with Gasteiger partial charge in [-0.2, -0.15) is 0 Å². The summed E-state index contributed by atoms with van der Waals surface area (Å²) in [6.07, 6.45) is 5.74. The Labute approximate surface area is 206 Å². The van der Waals surface area contributed by atoms with Crippen molar-refractivity contribution in [2.45, 2.75) is 52.9 Å². The second kappa shape index (κ2) is 11.2. The second-order valence-electron chi connectivity index (χ2n) is 8.96. The Balaban J connectivity index is 1.38. The van der Waals surface area contributed by atoms with Gasteiger partial charge in [-0.1, -0.05) is 18.2 Å². The van der Waals surface area contributed by atoms with E-state index < -0.39 is 0 Å². The lowest BCUT2D eigenvalue weighted by molar-refractivity contribution is -0.143. The van der Waals surface area contributed by atoms with Crippen molar-refractivity contribution >= 4 is 33.6 Å². The molecule has 0 radical (unpaired) electrons. The lowest BCUT2D eigenvalue weighted by atomic mass is 9.99. The van der Waals surface area contributed by atoms with Gasteiger partial charge in [-0.25, -0.2) is 4.98 Å². The number of nitrogens with two attached hydrogens (primary N) is 1. The van der Waals surface area contributed by atoms with Gasteiger partial charge in [0.1, 0.15) is 11.3 Å². The molecule has 0 bridgehead atoms. The summed E-state index contributed by atoms with van der Waals surface area (Å²) in [4.78, 5) is 20.6. The number of fused-ring (bicyclic) bond motifs is 3. The maximum absolute atomic E-state index is 11.4. The maximum atomic E-state index is 11.4. The molecule has 2 heterocycles. The zero-order valence-corrected chi connectivity index (χ0v) is 20.8. The summed E-state index contributed by atoms with van der Waals surface area (Å²) >= 11 is 0. The van der Waals surface area contributed by atoms with Crippen LogP contribution in [-0.4, -0.2) is 29.2 Å². The predicted octanol–water partition coefficient (Wildman–Crippen LogP) is 5.88. The Kier molecular flexibility index (Phi) is 7.80. The standard InChI is InChI=1S/C29H33N3O3/c1-4-34-27(33)7-5-6-14-35-23-12-11-22(20(3)16-23)10-9-21-17-25-24-13-8-19(2)15-26(24)32-29(30)28(25)31-18-21/h8,11-13,15-18H,4-7,9-10,14H2,1-3H3,(H2,30,32). The van der Waals surface area contributed by atoms with Crippen LogP contribution in [0.5, 0.6) is 5.75 Å².